The van der Waals surface area contributed by atoms with Crippen LogP contribution in [0.5, 0.6) is 0 Å². The number of oxime groups is 1. The molecule has 6 nitrogen and oxygen atoms in total. The predicted octanol–water partition coefficient (Wildman–Crippen LogP) is 3.49. The summed E-state index contributed by atoms with van der Waals surface area (Å²) in [5.74, 6) is -0.641. The highest BCUT2D eigenvalue weighted by molar-refractivity contribution is 5.97. The van der Waals surface area contributed by atoms with Gasteiger partial charge in [-0.3, -0.25) is 4.79 Å². The van der Waals surface area contributed by atoms with Crippen LogP contribution in [0.25, 0.3) is 0 Å². The number of fused-ring (bicyclic) bond motifs is 1. The number of unbranched alkanes of at least 4 members (excludes halogenated alkanes) is 2. The molecule has 0 saturated carbocycles. The zero-order valence-corrected chi connectivity index (χ0v) is 14.3. The van der Waals surface area contributed by atoms with Crippen molar-refractivity contribution < 1.29 is 23.9 Å². The fourth-order valence-corrected chi connectivity index (χ4v) is 2.71. The van der Waals surface area contributed by atoms with Gasteiger partial charge in [-0.25, -0.2) is 4.79 Å². The van der Waals surface area contributed by atoms with E-state index in [9.17, 15) is 9.59 Å². The second-order valence-corrected chi connectivity index (χ2v) is 5.75. The van der Waals surface area contributed by atoms with E-state index in [0.29, 0.717) is 5.56 Å². The van der Waals surface area contributed by atoms with Crippen LogP contribution in [0.15, 0.2) is 29.4 Å². The van der Waals surface area contributed by atoms with E-state index >= 15 is 0 Å². The average Bonchev–Trinajstić information content (AvgIpc) is 2.55. The number of carbonyl (C=O) groups is 2. The van der Waals surface area contributed by atoms with Gasteiger partial charge in [-0.15, -0.1) is 0 Å². The monoisotopic (exact) mass is 333 g/mol. The smallest absolute Gasteiger partial charge is 0.332 e. The Morgan fingerprint density at radius 2 is 1.92 bits per heavy atom. The molecule has 130 valence electrons. The van der Waals surface area contributed by atoms with Gasteiger partial charge in [0.25, 0.3) is 5.90 Å². The van der Waals surface area contributed by atoms with Crippen LogP contribution >= 0.6 is 0 Å². The molecule has 1 aliphatic rings. The molecule has 0 aromatic heterocycles. The minimum Gasteiger partial charge on any atom is -0.468 e. The van der Waals surface area contributed by atoms with E-state index in [2.05, 4.69) is 12.1 Å². The summed E-state index contributed by atoms with van der Waals surface area (Å²) in [6.45, 7) is 4.78. The van der Waals surface area contributed by atoms with Gasteiger partial charge in [0.05, 0.1) is 0 Å². The molecule has 1 aromatic rings. The SMILES string of the molecule is CCCCC[C@@H]1O/C(=N\OC(C)=O)c2ccccc2[C@@H]1OC(C)=O. The number of ether oxygens (including phenoxy) is 2. The quantitative estimate of drug-likeness (QED) is 0.345. The van der Waals surface area contributed by atoms with Gasteiger partial charge in [0, 0.05) is 25.0 Å². The molecule has 24 heavy (non-hydrogen) atoms. The van der Waals surface area contributed by atoms with E-state index in [0.717, 1.165) is 31.2 Å². The fourth-order valence-electron chi connectivity index (χ4n) is 2.71. The van der Waals surface area contributed by atoms with Crippen molar-refractivity contribution in [2.75, 3.05) is 0 Å². The van der Waals surface area contributed by atoms with Crippen LogP contribution in [0.3, 0.4) is 0 Å². The molecule has 0 fully saturated rings. The van der Waals surface area contributed by atoms with Crippen LogP contribution in [-0.4, -0.2) is 23.9 Å². The third-order valence-electron chi connectivity index (χ3n) is 3.74. The Bertz CT molecular complexity index is 626. The third kappa shape index (κ3) is 4.57. The molecule has 0 bridgehead atoms. The first-order valence-electron chi connectivity index (χ1n) is 8.21. The van der Waals surface area contributed by atoms with Crippen LogP contribution in [-0.2, 0) is 23.9 Å². The van der Waals surface area contributed by atoms with Gasteiger partial charge in [-0.05, 0) is 24.1 Å². The molecule has 1 heterocycles. The van der Waals surface area contributed by atoms with E-state index in [4.69, 9.17) is 14.3 Å². The standard InChI is InChI=1S/C18H23NO5/c1-4-5-6-11-16-17(22-12(2)20)14-9-7-8-10-15(14)18(23-16)19-24-13(3)21/h7-10,16-17H,4-6,11H2,1-3H3/b19-18-/t16-,17-/m0/s1. The lowest BCUT2D eigenvalue weighted by atomic mass is 9.92. The van der Waals surface area contributed by atoms with Gasteiger partial charge >= 0.3 is 11.9 Å². The maximum Gasteiger partial charge on any atom is 0.332 e. The highest BCUT2D eigenvalue weighted by Gasteiger charge is 2.36. The van der Waals surface area contributed by atoms with Crippen molar-refractivity contribution in [1.82, 2.24) is 0 Å². The van der Waals surface area contributed by atoms with Crippen molar-refractivity contribution in [3.63, 3.8) is 0 Å². The highest BCUT2D eigenvalue weighted by Crippen LogP contribution is 2.35. The zero-order valence-electron chi connectivity index (χ0n) is 14.3. The Morgan fingerprint density at radius 3 is 2.58 bits per heavy atom. The number of hydrogen-bond donors (Lipinski definition) is 0. The van der Waals surface area contributed by atoms with E-state index in [1.54, 1.807) is 6.07 Å². The average molecular weight is 333 g/mol. The Hall–Kier alpha value is -2.37. The molecule has 0 spiro atoms. The zero-order chi connectivity index (χ0) is 17.5. The van der Waals surface area contributed by atoms with Gasteiger partial charge in [0.1, 0.15) is 6.10 Å². The van der Waals surface area contributed by atoms with Gasteiger partial charge < -0.3 is 14.3 Å². The normalized spacial score (nSPS) is 20.9. The number of esters is 1. The van der Waals surface area contributed by atoms with E-state index < -0.39 is 12.1 Å². The number of benzene rings is 1. The maximum atomic E-state index is 11.5. The fraction of sp³-hybridized carbons (Fsp3) is 0.500. The Balaban J connectivity index is 2.35. The van der Waals surface area contributed by atoms with E-state index in [1.807, 2.05) is 18.2 Å². The summed E-state index contributed by atoms with van der Waals surface area (Å²) in [5.41, 5.74) is 1.48. The second-order valence-electron chi connectivity index (χ2n) is 5.75. The molecule has 0 amide bonds. The molecule has 1 aromatic carbocycles. The molecule has 1 aliphatic heterocycles. The Labute approximate surface area is 141 Å². The summed E-state index contributed by atoms with van der Waals surface area (Å²) >= 11 is 0. The first-order valence-corrected chi connectivity index (χ1v) is 8.21. The van der Waals surface area contributed by atoms with Crippen LogP contribution in [0.2, 0.25) is 0 Å². The summed E-state index contributed by atoms with van der Waals surface area (Å²) in [4.78, 5) is 27.3. The summed E-state index contributed by atoms with van der Waals surface area (Å²) in [6.07, 6.45) is 2.96. The van der Waals surface area contributed by atoms with Gasteiger partial charge in [-0.2, -0.15) is 0 Å². The van der Waals surface area contributed by atoms with Crippen LogP contribution < -0.4 is 0 Å². The summed E-state index contributed by atoms with van der Waals surface area (Å²) < 4.78 is 11.4. The molecular formula is C18H23NO5. The van der Waals surface area contributed by atoms with Crippen LogP contribution in [0.1, 0.15) is 63.7 Å². The summed E-state index contributed by atoms with van der Waals surface area (Å²) in [7, 11) is 0. The van der Waals surface area contributed by atoms with Gasteiger partial charge in [0.2, 0.25) is 0 Å². The summed E-state index contributed by atoms with van der Waals surface area (Å²) in [6, 6.07) is 7.37. The minimum atomic E-state index is -0.520. The lowest BCUT2D eigenvalue weighted by Gasteiger charge is -2.33. The molecule has 2 rings (SSSR count). The minimum absolute atomic E-state index is 0.241. The molecule has 2 atom stereocenters. The van der Waals surface area contributed by atoms with Crippen LogP contribution in [0, 0.1) is 0 Å². The molecule has 6 heteroatoms. The Morgan fingerprint density at radius 1 is 1.17 bits per heavy atom. The number of carbonyl (C=O) groups excluding carboxylic acids is 2. The molecule has 0 saturated heterocycles. The molecule has 0 unspecified atom stereocenters. The number of rotatable bonds is 6. The van der Waals surface area contributed by atoms with Crippen molar-refractivity contribution in [2.45, 2.75) is 58.7 Å². The lowest BCUT2D eigenvalue weighted by molar-refractivity contribution is -0.153. The number of nitrogens with zero attached hydrogens (tertiary/aromatic N) is 1. The topological polar surface area (TPSA) is 74.2 Å². The largest absolute Gasteiger partial charge is 0.468 e. The van der Waals surface area contributed by atoms with Gasteiger partial charge in [0.15, 0.2) is 6.10 Å². The summed E-state index contributed by atoms with van der Waals surface area (Å²) in [5, 5.41) is 3.82. The van der Waals surface area contributed by atoms with Crippen molar-refractivity contribution in [3.05, 3.63) is 35.4 Å². The third-order valence-corrected chi connectivity index (χ3v) is 3.74. The molecule has 0 N–H and O–H groups in total. The van der Waals surface area contributed by atoms with Crippen molar-refractivity contribution >= 4 is 17.8 Å². The van der Waals surface area contributed by atoms with Gasteiger partial charge in [-0.1, -0.05) is 38.0 Å². The van der Waals surface area contributed by atoms with Crippen LogP contribution in [0.4, 0.5) is 0 Å². The van der Waals surface area contributed by atoms with E-state index in [-0.39, 0.29) is 18.0 Å². The van der Waals surface area contributed by atoms with Crippen molar-refractivity contribution in [2.24, 2.45) is 5.16 Å². The molecular weight excluding hydrogens is 310 g/mol. The first-order chi connectivity index (χ1) is 11.5. The second kappa shape index (κ2) is 8.47. The van der Waals surface area contributed by atoms with Crippen molar-refractivity contribution in [3.8, 4) is 0 Å². The predicted molar refractivity (Wildman–Crippen MR) is 88.3 cm³/mol. The number of hydrogen-bond acceptors (Lipinski definition) is 6. The molecule has 0 aliphatic carbocycles. The Kier molecular flexibility index (Phi) is 6.35. The maximum absolute atomic E-state index is 11.5. The van der Waals surface area contributed by atoms with Crippen molar-refractivity contribution in [1.29, 1.82) is 0 Å². The molecule has 0 radical (unpaired) electrons. The highest BCUT2D eigenvalue weighted by atomic mass is 16.7. The lowest BCUT2D eigenvalue weighted by Crippen LogP contribution is -2.35. The van der Waals surface area contributed by atoms with E-state index in [1.165, 1.54) is 13.8 Å². The first kappa shape index (κ1) is 18.0.